The molecule has 0 aliphatic carbocycles. The molecule has 1 N–H and O–H groups in total. The molecule has 2 aromatic rings. The van der Waals surface area contributed by atoms with Crippen LogP contribution in [0.25, 0.3) is 10.9 Å². The summed E-state index contributed by atoms with van der Waals surface area (Å²) >= 11 is 0. The Balaban J connectivity index is 1.96. The van der Waals surface area contributed by atoms with Crippen molar-refractivity contribution in [1.82, 2.24) is 9.97 Å². The summed E-state index contributed by atoms with van der Waals surface area (Å²) in [6.07, 6.45) is 1.81. The molecule has 0 saturated carbocycles. The normalized spacial score (nSPS) is 20.0. The fourth-order valence-corrected chi connectivity index (χ4v) is 2.30. The molecule has 0 radical (unpaired) electrons. The molecule has 3 rings (SSSR count). The first-order chi connectivity index (χ1) is 9.82. The number of rotatable bonds is 2. The second kappa shape index (κ2) is 4.68. The SMILES string of the molecule is CNc1ncc2cc(B3OC(C)(C)C(C)(C)O3)ccc2n1. The van der Waals surface area contributed by atoms with Crippen molar-refractivity contribution in [3.05, 3.63) is 24.4 Å². The molecule has 0 bridgehead atoms. The summed E-state index contributed by atoms with van der Waals surface area (Å²) in [6.45, 7) is 8.21. The number of anilines is 1. The minimum Gasteiger partial charge on any atom is -0.399 e. The number of benzene rings is 1. The lowest BCUT2D eigenvalue weighted by molar-refractivity contribution is 0.00578. The van der Waals surface area contributed by atoms with Crippen molar-refractivity contribution in [2.75, 3.05) is 12.4 Å². The first kappa shape index (κ1) is 14.3. The molecule has 5 nitrogen and oxygen atoms in total. The smallest absolute Gasteiger partial charge is 0.399 e. The van der Waals surface area contributed by atoms with Gasteiger partial charge in [-0.15, -0.1) is 0 Å². The van der Waals surface area contributed by atoms with Gasteiger partial charge >= 0.3 is 7.12 Å². The molecule has 1 fully saturated rings. The zero-order valence-electron chi connectivity index (χ0n) is 13.1. The number of nitrogens with one attached hydrogen (secondary N) is 1. The van der Waals surface area contributed by atoms with Gasteiger partial charge in [-0.25, -0.2) is 9.97 Å². The van der Waals surface area contributed by atoms with E-state index in [1.54, 1.807) is 7.05 Å². The first-order valence-electron chi connectivity index (χ1n) is 7.12. The largest absolute Gasteiger partial charge is 0.494 e. The third kappa shape index (κ3) is 2.38. The Labute approximate surface area is 125 Å². The molecule has 2 heterocycles. The van der Waals surface area contributed by atoms with Gasteiger partial charge in [-0.05, 0) is 39.2 Å². The highest BCUT2D eigenvalue weighted by Crippen LogP contribution is 2.36. The maximum atomic E-state index is 6.07. The van der Waals surface area contributed by atoms with Crippen molar-refractivity contribution < 1.29 is 9.31 Å². The van der Waals surface area contributed by atoms with Crippen LogP contribution in [0, 0.1) is 0 Å². The zero-order chi connectivity index (χ0) is 15.3. The number of fused-ring (bicyclic) bond motifs is 1. The average Bonchev–Trinajstić information content (AvgIpc) is 2.66. The minimum absolute atomic E-state index is 0.334. The number of nitrogens with zero attached hydrogens (tertiary/aromatic N) is 2. The summed E-state index contributed by atoms with van der Waals surface area (Å²) in [4.78, 5) is 8.66. The highest BCUT2D eigenvalue weighted by Gasteiger charge is 2.51. The Morgan fingerprint density at radius 1 is 1.10 bits per heavy atom. The first-order valence-corrected chi connectivity index (χ1v) is 7.12. The lowest BCUT2D eigenvalue weighted by atomic mass is 9.78. The Hall–Kier alpha value is -1.66. The van der Waals surface area contributed by atoms with E-state index in [1.807, 2.05) is 24.4 Å². The molecule has 6 heteroatoms. The van der Waals surface area contributed by atoms with Crippen molar-refractivity contribution in [1.29, 1.82) is 0 Å². The van der Waals surface area contributed by atoms with Gasteiger partial charge in [-0.1, -0.05) is 12.1 Å². The molecule has 0 unspecified atom stereocenters. The van der Waals surface area contributed by atoms with Gasteiger partial charge in [0.05, 0.1) is 16.7 Å². The standard InChI is InChI=1S/C15H20BN3O2/c1-14(2)15(3,4)21-16(20-14)11-6-7-12-10(8-11)9-18-13(17-5)19-12/h6-9H,1-5H3,(H,17,18,19). The average molecular weight is 285 g/mol. The van der Waals surface area contributed by atoms with Crippen molar-refractivity contribution in [2.45, 2.75) is 38.9 Å². The van der Waals surface area contributed by atoms with Gasteiger partial charge in [-0.2, -0.15) is 0 Å². The molecule has 1 aromatic carbocycles. The second-order valence-electron chi connectivity index (χ2n) is 6.35. The molecular weight excluding hydrogens is 265 g/mol. The lowest BCUT2D eigenvalue weighted by Crippen LogP contribution is -2.41. The molecule has 21 heavy (non-hydrogen) atoms. The van der Waals surface area contributed by atoms with E-state index >= 15 is 0 Å². The number of aromatic nitrogens is 2. The summed E-state index contributed by atoms with van der Waals surface area (Å²) in [5.41, 5.74) is 1.22. The van der Waals surface area contributed by atoms with Gasteiger partial charge in [0.25, 0.3) is 0 Å². The van der Waals surface area contributed by atoms with Crippen LogP contribution in [0.2, 0.25) is 0 Å². The minimum atomic E-state index is -0.358. The van der Waals surface area contributed by atoms with Gasteiger partial charge < -0.3 is 14.6 Å². The zero-order valence-corrected chi connectivity index (χ0v) is 13.1. The molecule has 1 saturated heterocycles. The van der Waals surface area contributed by atoms with Crippen LogP contribution in [0.5, 0.6) is 0 Å². The van der Waals surface area contributed by atoms with Crippen LogP contribution in [-0.2, 0) is 9.31 Å². The molecule has 1 aliphatic rings. The van der Waals surface area contributed by atoms with Crippen LogP contribution in [0.4, 0.5) is 5.95 Å². The maximum absolute atomic E-state index is 6.07. The van der Waals surface area contributed by atoms with E-state index in [-0.39, 0.29) is 18.3 Å². The Bertz CT molecular complexity index is 672. The highest BCUT2D eigenvalue weighted by atomic mass is 16.7. The molecule has 0 amide bonds. The van der Waals surface area contributed by atoms with E-state index in [2.05, 4.69) is 43.0 Å². The predicted octanol–water partition coefficient (Wildman–Crippen LogP) is 1.97. The molecular formula is C15H20BN3O2. The van der Waals surface area contributed by atoms with Crippen molar-refractivity contribution in [3.63, 3.8) is 0 Å². The summed E-state index contributed by atoms with van der Waals surface area (Å²) in [5, 5.41) is 3.91. The van der Waals surface area contributed by atoms with E-state index < -0.39 is 0 Å². The van der Waals surface area contributed by atoms with Gasteiger partial charge in [0.2, 0.25) is 5.95 Å². The fourth-order valence-electron chi connectivity index (χ4n) is 2.30. The third-order valence-corrected chi connectivity index (χ3v) is 4.35. The van der Waals surface area contributed by atoms with Crippen molar-refractivity contribution in [2.24, 2.45) is 0 Å². The lowest BCUT2D eigenvalue weighted by Gasteiger charge is -2.32. The van der Waals surface area contributed by atoms with Crippen LogP contribution in [0.1, 0.15) is 27.7 Å². The fraction of sp³-hybridized carbons (Fsp3) is 0.467. The summed E-state index contributed by atoms with van der Waals surface area (Å²) in [6, 6.07) is 5.99. The molecule has 0 spiro atoms. The summed E-state index contributed by atoms with van der Waals surface area (Å²) in [7, 11) is 1.45. The number of hydrogen-bond donors (Lipinski definition) is 1. The van der Waals surface area contributed by atoms with Crippen LogP contribution in [-0.4, -0.2) is 35.3 Å². The van der Waals surface area contributed by atoms with Crippen LogP contribution in [0.3, 0.4) is 0 Å². The van der Waals surface area contributed by atoms with Gasteiger partial charge in [0.15, 0.2) is 0 Å². The quantitative estimate of drug-likeness (QED) is 0.855. The summed E-state index contributed by atoms with van der Waals surface area (Å²) in [5.74, 6) is 0.617. The molecule has 1 aromatic heterocycles. The van der Waals surface area contributed by atoms with Crippen LogP contribution < -0.4 is 10.8 Å². The molecule has 1 aliphatic heterocycles. The topological polar surface area (TPSA) is 56.3 Å². The van der Waals surface area contributed by atoms with Crippen molar-refractivity contribution in [3.8, 4) is 0 Å². The van der Waals surface area contributed by atoms with Crippen LogP contribution in [0.15, 0.2) is 24.4 Å². The third-order valence-electron chi connectivity index (χ3n) is 4.35. The van der Waals surface area contributed by atoms with E-state index in [4.69, 9.17) is 9.31 Å². The van der Waals surface area contributed by atoms with E-state index in [0.717, 1.165) is 16.4 Å². The maximum Gasteiger partial charge on any atom is 0.494 e. The van der Waals surface area contributed by atoms with Gasteiger partial charge in [0.1, 0.15) is 0 Å². The molecule has 0 atom stereocenters. The molecule has 110 valence electrons. The summed E-state index contributed by atoms with van der Waals surface area (Å²) < 4.78 is 12.1. The van der Waals surface area contributed by atoms with E-state index in [0.29, 0.717) is 5.95 Å². The highest BCUT2D eigenvalue weighted by molar-refractivity contribution is 6.62. The van der Waals surface area contributed by atoms with Crippen molar-refractivity contribution >= 4 is 29.4 Å². The van der Waals surface area contributed by atoms with Gasteiger partial charge in [0, 0.05) is 18.6 Å². The van der Waals surface area contributed by atoms with Gasteiger partial charge in [-0.3, -0.25) is 0 Å². The predicted molar refractivity (Wildman–Crippen MR) is 84.8 cm³/mol. The van der Waals surface area contributed by atoms with Crippen LogP contribution >= 0.6 is 0 Å². The Morgan fingerprint density at radius 2 is 1.76 bits per heavy atom. The van der Waals surface area contributed by atoms with E-state index in [1.165, 1.54) is 0 Å². The number of hydrogen-bond acceptors (Lipinski definition) is 5. The second-order valence-corrected chi connectivity index (χ2v) is 6.35. The van der Waals surface area contributed by atoms with E-state index in [9.17, 15) is 0 Å². The Morgan fingerprint density at radius 3 is 2.38 bits per heavy atom. The Kier molecular flexibility index (Phi) is 3.18. The monoisotopic (exact) mass is 285 g/mol.